The zero-order valence-corrected chi connectivity index (χ0v) is 26.3. The molecule has 0 aliphatic rings. The highest BCUT2D eigenvalue weighted by Gasteiger charge is 2.21. The lowest BCUT2D eigenvalue weighted by Crippen LogP contribution is -2.15. The molecule has 2 aromatic carbocycles. The van der Waals surface area contributed by atoms with Crippen molar-refractivity contribution in [3.63, 3.8) is 0 Å². The number of ether oxygens (including phenoxy) is 3. The van der Waals surface area contributed by atoms with Gasteiger partial charge in [0.05, 0.1) is 13.2 Å². The van der Waals surface area contributed by atoms with E-state index in [1.807, 2.05) is 38.1 Å². The van der Waals surface area contributed by atoms with Gasteiger partial charge in [-0.3, -0.25) is 9.59 Å². The number of rotatable bonds is 14. The van der Waals surface area contributed by atoms with Gasteiger partial charge in [0.15, 0.2) is 0 Å². The van der Waals surface area contributed by atoms with E-state index in [9.17, 15) is 19.8 Å². The number of hydrogen-bond acceptors (Lipinski definition) is 7. The highest BCUT2D eigenvalue weighted by atomic mass is 16.6. The van der Waals surface area contributed by atoms with Crippen molar-refractivity contribution in [2.24, 2.45) is 0 Å². The Balaban J connectivity index is 1.56. The standard InChI is InChI=1S/C34H50O7/c1-23-19-25(21-27(31(23)37)33(3,4)5)11-9-13-29(35)40-17-15-39-16-18-41-30(36)14-10-12-26-20-24(2)32(38)28(22-26)34(6,7)8/h19-22,37-38H,9-18H2,1-8H3. The SMILES string of the molecule is Cc1cc(CCCC(=O)OCCOCCOC(=O)CCCc2cc(C)c(O)c(C(C)(C)C)c2)cc(C(C)(C)C)c1O. The first-order valence-corrected chi connectivity index (χ1v) is 14.6. The Kier molecular flexibility index (Phi) is 12.7. The Morgan fingerprint density at radius 3 is 1.34 bits per heavy atom. The van der Waals surface area contributed by atoms with Crippen molar-refractivity contribution in [1.82, 2.24) is 0 Å². The average Bonchev–Trinajstić information content (AvgIpc) is 2.86. The monoisotopic (exact) mass is 570 g/mol. The van der Waals surface area contributed by atoms with Gasteiger partial charge in [-0.1, -0.05) is 65.8 Å². The van der Waals surface area contributed by atoms with Gasteiger partial charge < -0.3 is 24.4 Å². The summed E-state index contributed by atoms with van der Waals surface area (Å²) >= 11 is 0. The van der Waals surface area contributed by atoms with Gasteiger partial charge >= 0.3 is 11.9 Å². The maximum Gasteiger partial charge on any atom is 0.305 e. The minimum absolute atomic E-state index is 0.155. The molecule has 0 aromatic heterocycles. The lowest BCUT2D eigenvalue weighted by molar-refractivity contribution is -0.146. The van der Waals surface area contributed by atoms with Crippen LogP contribution in [0.4, 0.5) is 0 Å². The Hall–Kier alpha value is -3.06. The fraction of sp³-hybridized carbons (Fsp3) is 0.588. The summed E-state index contributed by atoms with van der Waals surface area (Å²) in [4.78, 5) is 24.1. The summed E-state index contributed by atoms with van der Waals surface area (Å²) in [5, 5.41) is 20.7. The topological polar surface area (TPSA) is 102 Å². The number of carbonyl (C=O) groups excluding carboxylic acids is 2. The number of aryl methyl sites for hydroxylation is 4. The molecular weight excluding hydrogens is 520 g/mol. The molecule has 0 saturated carbocycles. The van der Waals surface area contributed by atoms with Crippen molar-refractivity contribution in [3.8, 4) is 11.5 Å². The lowest BCUT2D eigenvalue weighted by Gasteiger charge is -2.22. The van der Waals surface area contributed by atoms with E-state index in [0.29, 0.717) is 37.2 Å². The van der Waals surface area contributed by atoms with E-state index >= 15 is 0 Å². The Morgan fingerprint density at radius 1 is 0.634 bits per heavy atom. The van der Waals surface area contributed by atoms with Crippen LogP contribution in [0.25, 0.3) is 0 Å². The van der Waals surface area contributed by atoms with E-state index in [-0.39, 0.29) is 49.2 Å². The summed E-state index contributed by atoms with van der Waals surface area (Å²) in [6.07, 6.45) is 3.40. The van der Waals surface area contributed by atoms with E-state index < -0.39 is 0 Å². The molecular formula is C34H50O7. The van der Waals surface area contributed by atoms with Crippen LogP contribution in [0.1, 0.15) is 101 Å². The van der Waals surface area contributed by atoms with Crippen molar-refractivity contribution < 1.29 is 34.0 Å². The van der Waals surface area contributed by atoms with E-state index in [2.05, 4.69) is 41.5 Å². The number of benzene rings is 2. The minimum Gasteiger partial charge on any atom is -0.507 e. The molecule has 0 heterocycles. The van der Waals surface area contributed by atoms with Gasteiger partial charge in [0, 0.05) is 12.8 Å². The maximum absolute atomic E-state index is 12.1. The molecule has 7 nitrogen and oxygen atoms in total. The van der Waals surface area contributed by atoms with Crippen molar-refractivity contribution >= 4 is 11.9 Å². The number of esters is 2. The summed E-state index contributed by atoms with van der Waals surface area (Å²) < 4.78 is 15.9. The first kappa shape index (κ1) is 34.1. The van der Waals surface area contributed by atoms with Crippen molar-refractivity contribution in [2.45, 2.75) is 105 Å². The molecule has 0 spiro atoms. The minimum atomic E-state index is -0.273. The van der Waals surface area contributed by atoms with Crippen LogP contribution < -0.4 is 0 Å². The third kappa shape index (κ3) is 11.4. The highest BCUT2D eigenvalue weighted by Crippen LogP contribution is 2.35. The van der Waals surface area contributed by atoms with Crippen LogP contribution >= 0.6 is 0 Å². The summed E-state index contributed by atoms with van der Waals surface area (Å²) in [6.45, 7) is 17.0. The Labute approximate surface area is 246 Å². The molecule has 0 saturated heterocycles. The average molecular weight is 571 g/mol. The zero-order chi connectivity index (χ0) is 30.8. The largest absolute Gasteiger partial charge is 0.507 e. The third-order valence-electron chi connectivity index (χ3n) is 7.01. The number of phenolic OH excluding ortho intramolecular Hbond substituents is 2. The van der Waals surface area contributed by atoms with Gasteiger partial charge in [0.1, 0.15) is 24.7 Å². The number of aromatic hydroxyl groups is 2. The quantitative estimate of drug-likeness (QED) is 0.191. The van der Waals surface area contributed by atoms with E-state index in [1.54, 1.807) is 0 Å². The molecule has 2 aromatic rings. The fourth-order valence-corrected chi connectivity index (χ4v) is 4.69. The molecule has 41 heavy (non-hydrogen) atoms. The number of carbonyl (C=O) groups is 2. The van der Waals surface area contributed by atoms with Crippen LogP contribution in [0.3, 0.4) is 0 Å². The lowest BCUT2D eigenvalue weighted by atomic mass is 9.83. The van der Waals surface area contributed by atoms with Crippen molar-refractivity contribution in [3.05, 3.63) is 57.6 Å². The van der Waals surface area contributed by atoms with Crippen LogP contribution in [-0.4, -0.2) is 48.6 Å². The summed E-state index contributed by atoms with van der Waals surface area (Å²) in [5.74, 6) is 0.131. The molecule has 0 fully saturated rings. The van der Waals surface area contributed by atoms with E-state index in [1.165, 1.54) is 0 Å². The van der Waals surface area contributed by atoms with E-state index in [0.717, 1.165) is 46.2 Å². The van der Waals surface area contributed by atoms with Crippen LogP contribution in [0.2, 0.25) is 0 Å². The first-order chi connectivity index (χ1) is 19.1. The molecule has 7 heteroatoms. The van der Waals surface area contributed by atoms with Gasteiger partial charge in [0.2, 0.25) is 0 Å². The molecule has 2 rings (SSSR count). The summed E-state index contributed by atoms with van der Waals surface area (Å²) in [6, 6.07) is 7.98. The Morgan fingerprint density at radius 2 is 1.00 bits per heavy atom. The predicted octanol–water partition coefficient (Wildman–Crippen LogP) is 6.76. The van der Waals surface area contributed by atoms with E-state index in [4.69, 9.17) is 14.2 Å². The molecule has 0 aliphatic heterocycles. The molecule has 0 atom stereocenters. The molecule has 2 N–H and O–H groups in total. The normalized spacial score (nSPS) is 11.9. The van der Waals surface area contributed by atoms with Gasteiger partial charge in [0.25, 0.3) is 0 Å². The first-order valence-electron chi connectivity index (χ1n) is 14.6. The van der Waals surface area contributed by atoms with Crippen LogP contribution in [0.5, 0.6) is 11.5 Å². The smallest absolute Gasteiger partial charge is 0.305 e. The van der Waals surface area contributed by atoms with Gasteiger partial charge in [-0.2, -0.15) is 0 Å². The number of phenols is 2. The van der Waals surface area contributed by atoms with Gasteiger partial charge in [-0.05, 0) is 83.7 Å². The summed E-state index contributed by atoms with van der Waals surface area (Å²) in [7, 11) is 0. The fourth-order valence-electron chi connectivity index (χ4n) is 4.69. The molecule has 0 aliphatic carbocycles. The second-order valence-electron chi connectivity index (χ2n) is 12.9. The maximum atomic E-state index is 12.1. The van der Waals surface area contributed by atoms with Gasteiger partial charge in [-0.25, -0.2) is 0 Å². The van der Waals surface area contributed by atoms with Crippen LogP contribution in [0, 0.1) is 13.8 Å². The zero-order valence-electron chi connectivity index (χ0n) is 26.3. The third-order valence-corrected chi connectivity index (χ3v) is 7.01. The molecule has 0 amide bonds. The van der Waals surface area contributed by atoms with Crippen molar-refractivity contribution in [1.29, 1.82) is 0 Å². The van der Waals surface area contributed by atoms with Crippen LogP contribution in [0.15, 0.2) is 24.3 Å². The van der Waals surface area contributed by atoms with Crippen molar-refractivity contribution in [2.75, 3.05) is 26.4 Å². The molecule has 0 radical (unpaired) electrons. The number of hydrogen-bond donors (Lipinski definition) is 2. The second-order valence-corrected chi connectivity index (χ2v) is 12.9. The molecule has 0 bridgehead atoms. The summed E-state index contributed by atoms with van der Waals surface area (Å²) in [5.41, 5.74) is 5.39. The predicted molar refractivity (Wildman–Crippen MR) is 162 cm³/mol. The Bertz CT molecular complexity index is 1080. The van der Waals surface area contributed by atoms with Crippen LogP contribution in [-0.2, 0) is 47.5 Å². The van der Waals surface area contributed by atoms with Gasteiger partial charge in [-0.15, -0.1) is 0 Å². The second kappa shape index (κ2) is 15.2. The highest BCUT2D eigenvalue weighted by molar-refractivity contribution is 5.69. The molecule has 0 unspecified atom stereocenters. The molecule has 228 valence electrons.